The van der Waals surface area contributed by atoms with Crippen LogP contribution in [-0.4, -0.2) is 58.0 Å². The van der Waals surface area contributed by atoms with Crippen LogP contribution in [0.25, 0.3) is 0 Å². The van der Waals surface area contributed by atoms with Gasteiger partial charge in [0.1, 0.15) is 5.82 Å². The van der Waals surface area contributed by atoms with E-state index in [0.29, 0.717) is 6.54 Å². The van der Waals surface area contributed by atoms with Gasteiger partial charge in [0, 0.05) is 38.1 Å². The van der Waals surface area contributed by atoms with Gasteiger partial charge in [-0.1, -0.05) is 31.2 Å². The SMILES string of the molecule is CCN1CCN(C(=O)NC2Cc3ccccc3C2)CC1c1ncc[nH]1. The number of aromatic nitrogens is 2. The Morgan fingerprint density at radius 1 is 1.28 bits per heavy atom. The van der Waals surface area contributed by atoms with Crippen LogP contribution >= 0.6 is 0 Å². The summed E-state index contributed by atoms with van der Waals surface area (Å²) in [5.74, 6) is 0.938. The molecule has 1 fully saturated rings. The van der Waals surface area contributed by atoms with Crippen molar-refractivity contribution < 1.29 is 4.79 Å². The molecule has 25 heavy (non-hydrogen) atoms. The standard InChI is InChI=1S/C19H25N5O/c1-2-23-9-10-24(13-17(23)18-20-7-8-21-18)19(25)22-16-11-14-5-3-4-6-15(14)12-16/h3-8,16-17H,2,9-13H2,1H3,(H,20,21)(H,22,25). The molecule has 0 saturated carbocycles. The largest absolute Gasteiger partial charge is 0.347 e. The Kier molecular flexibility index (Phi) is 4.44. The molecule has 2 aromatic rings. The number of carbonyl (C=O) groups excluding carboxylic acids is 1. The summed E-state index contributed by atoms with van der Waals surface area (Å²) in [6.07, 6.45) is 5.48. The average Bonchev–Trinajstić information content (AvgIpc) is 3.30. The third-order valence-electron chi connectivity index (χ3n) is 5.40. The molecule has 1 unspecified atom stereocenters. The van der Waals surface area contributed by atoms with E-state index in [4.69, 9.17) is 0 Å². The quantitative estimate of drug-likeness (QED) is 0.898. The summed E-state index contributed by atoms with van der Waals surface area (Å²) in [6, 6.07) is 8.85. The third kappa shape index (κ3) is 3.26. The minimum Gasteiger partial charge on any atom is -0.347 e. The second-order valence-electron chi connectivity index (χ2n) is 6.89. The number of amides is 2. The van der Waals surface area contributed by atoms with Gasteiger partial charge in [-0.25, -0.2) is 9.78 Å². The van der Waals surface area contributed by atoms with E-state index in [0.717, 1.165) is 38.3 Å². The van der Waals surface area contributed by atoms with Crippen molar-refractivity contribution in [1.82, 2.24) is 25.1 Å². The number of nitrogens with one attached hydrogen (secondary N) is 2. The number of carbonyl (C=O) groups is 1. The number of H-pyrrole nitrogens is 1. The molecule has 2 heterocycles. The third-order valence-corrected chi connectivity index (χ3v) is 5.40. The van der Waals surface area contributed by atoms with Crippen molar-refractivity contribution >= 4 is 6.03 Å². The van der Waals surface area contributed by atoms with Gasteiger partial charge in [0.2, 0.25) is 0 Å². The predicted molar refractivity (Wildman–Crippen MR) is 96.3 cm³/mol. The van der Waals surface area contributed by atoms with Crippen LogP contribution in [0.2, 0.25) is 0 Å². The summed E-state index contributed by atoms with van der Waals surface area (Å²) in [6.45, 7) is 5.42. The summed E-state index contributed by atoms with van der Waals surface area (Å²) in [5, 5.41) is 3.23. The average molecular weight is 339 g/mol. The lowest BCUT2D eigenvalue weighted by Crippen LogP contribution is -2.54. The molecule has 1 aromatic carbocycles. The fourth-order valence-electron chi connectivity index (χ4n) is 4.03. The monoisotopic (exact) mass is 339 g/mol. The lowest BCUT2D eigenvalue weighted by Gasteiger charge is -2.40. The summed E-state index contributed by atoms with van der Waals surface area (Å²) < 4.78 is 0. The number of urea groups is 1. The second kappa shape index (κ2) is 6.88. The first-order valence-corrected chi connectivity index (χ1v) is 9.10. The molecule has 1 atom stereocenters. The van der Waals surface area contributed by atoms with Crippen LogP contribution in [0.5, 0.6) is 0 Å². The van der Waals surface area contributed by atoms with Crippen molar-refractivity contribution in [2.45, 2.75) is 31.8 Å². The van der Waals surface area contributed by atoms with Crippen molar-refractivity contribution in [3.8, 4) is 0 Å². The van der Waals surface area contributed by atoms with E-state index >= 15 is 0 Å². The Bertz CT molecular complexity index is 704. The van der Waals surface area contributed by atoms with E-state index in [-0.39, 0.29) is 18.1 Å². The Balaban J connectivity index is 1.39. The first-order valence-electron chi connectivity index (χ1n) is 9.10. The molecule has 6 nitrogen and oxygen atoms in total. The van der Waals surface area contributed by atoms with Crippen molar-refractivity contribution in [1.29, 1.82) is 0 Å². The van der Waals surface area contributed by atoms with Crippen molar-refractivity contribution in [2.24, 2.45) is 0 Å². The van der Waals surface area contributed by atoms with E-state index in [2.05, 4.69) is 51.4 Å². The zero-order valence-corrected chi connectivity index (χ0v) is 14.6. The van der Waals surface area contributed by atoms with Crippen LogP contribution in [-0.2, 0) is 12.8 Å². The zero-order chi connectivity index (χ0) is 17.2. The highest BCUT2D eigenvalue weighted by Crippen LogP contribution is 2.24. The Labute approximate surface area is 148 Å². The van der Waals surface area contributed by atoms with Crippen LogP contribution in [0.3, 0.4) is 0 Å². The molecule has 0 bridgehead atoms. The van der Waals surface area contributed by atoms with E-state index in [1.165, 1.54) is 11.1 Å². The molecule has 0 radical (unpaired) electrons. The first kappa shape index (κ1) is 16.1. The zero-order valence-electron chi connectivity index (χ0n) is 14.6. The molecule has 1 saturated heterocycles. The number of benzene rings is 1. The van der Waals surface area contributed by atoms with Crippen LogP contribution in [0.4, 0.5) is 4.79 Å². The summed E-state index contributed by atoms with van der Waals surface area (Å²) in [7, 11) is 0. The molecule has 6 heteroatoms. The van der Waals surface area contributed by atoms with Crippen molar-refractivity contribution in [2.75, 3.05) is 26.2 Å². The molecule has 1 aliphatic heterocycles. The van der Waals surface area contributed by atoms with Crippen molar-refractivity contribution in [3.63, 3.8) is 0 Å². The molecular weight excluding hydrogens is 314 g/mol. The number of aromatic amines is 1. The number of piperazine rings is 1. The Hall–Kier alpha value is -2.34. The van der Waals surface area contributed by atoms with Crippen LogP contribution in [0.15, 0.2) is 36.7 Å². The lowest BCUT2D eigenvalue weighted by molar-refractivity contribution is 0.0887. The van der Waals surface area contributed by atoms with Crippen LogP contribution < -0.4 is 5.32 Å². The van der Waals surface area contributed by atoms with Crippen molar-refractivity contribution in [3.05, 3.63) is 53.6 Å². The maximum Gasteiger partial charge on any atom is 0.317 e. The summed E-state index contributed by atoms with van der Waals surface area (Å²) >= 11 is 0. The number of rotatable bonds is 3. The molecule has 2 aliphatic rings. The number of imidazole rings is 1. The van der Waals surface area contributed by atoms with Crippen LogP contribution in [0, 0.1) is 0 Å². The Morgan fingerprint density at radius 3 is 2.68 bits per heavy atom. The number of hydrogen-bond acceptors (Lipinski definition) is 3. The maximum absolute atomic E-state index is 12.8. The van der Waals surface area contributed by atoms with Gasteiger partial charge in [0.15, 0.2) is 0 Å². The number of hydrogen-bond donors (Lipinski definition) is 2. The Morgan fingerprint density at radius 2 is 2.04 bits per heavy atom. The molecule has 1 aromatic heterocycles. The van der Waals surface area contributed by atoms with E-state index in [9.17, 15) is 4.79 Å². The maximum atomic E-state index is 12.8. The van der Waals surface area contributed by atoms with E-state index in [1.54, 1.807) is 6.20 Å². The van der Waals surface area contributed by atoms with Gasteiger partial charge in [-0.3, -0.25) is 4.90 Å². The summed E-state index contributed by atoms with van der Waals surface area (Å²) in [4.78, 5) is 24.7. The lowest BCUT2D eigenvalue weighted by atomic mass is 10.1. The molecule has 0 spiro atoms. The molecule has 1 aliphatic carbocycles. The van der Waals surface area contributed by atoms with Gasteiger partial charge in [-0.05, 0) is 30.5 Å². The van der Waals surface area contributed by atoms with Gasteiger partial charge in [0.05, 0.1) is 6.04 Å². The minimum absolute atomic E-state index is 0.0464. The first-order chi connectivity index (χ1) is 12.2. The fraction of sp³-hybridized carbons (Fsp3) is 0.474. The number of likely N-dealkylation sites (N-methyl/N-ethyl adjacent to an activating group) is 1. The fourth-order valence-corrected chi connectivity index (χ4v) is 4.03. The van der Waals surface area contributed by atoms with Gasteiger partial charge in [-0.2, -0.15) is 0 Å². The molecular formula is C19H25N5O. The van der Waals surface area contributed by atoms with Gasteiger partial charge < -0.3 is 15.2 Å². The number of fused-ring (bicyclic) bond motifs is 1. The smallest absolute Gasteiger partial charge is 0.317 e. The van der Waals surface area contributed by atoms with Crippen LogP contribution in [0.1, 0.15) is 29.9 Å². The van der Waals surface area contributed by atoms with E-state index < -0.39 is 0 Å². The molecule has 2 amide bonds. The van der Waals surface area contributed by atoms with Gasteiger partial charge >= 0.3 is 6.03 Å². The normalized spacial score (nSPS) is 21.3. The molecule has 2 N–H and O–H groups in total. The predicted octanol–water partition coefficient (Wildman–Crippen LogP) is 1.97. The molecule has 132 valence electrons. The summed E-state index contributed by atoms with van der Waals surface area (Å²) in [5.41, 5.74) is 2.72. The minimum atomic E-state index is 0.0464. The molecule has 4 rings (SSSR count). The highest BCUT2D eigenvalue weighted by Gasteiger charge is 2.32. The topological polar surface area (TPSA) is 64.3 Å². The second-order valence-corrected chi connectivity index (χ2v) is 6.89. The number of nitrogens with zero attached hydrogens (tertiary/aromatic N) is 3. The highest BCUT2D eigenvalue weighted by molar-refractivity contribution is 5.75. The highest BCUT2D eigenvalue weighted by atomic mass is 16.2. The van der Waals surface area contributed by atoms with E-state index in [1.807, 2.05) is 11.1 Å². The van der Waals surface area contributed by atoms with Gasteiger partial charge in [0.25, 0.3) is 0 Å². The van der Waals surface area contributed by atoms with Gasteiger partial charge in [-0.15, -0.1) is 0 Å².